The molecule has 102 valence electrons. The number of nitrogens with one attached hydrogen (secondary N) is 1. The molecule has 0 aliphatic carbocycles. The Morgan fingerprint density at radius 3 is 2.79 bits per heavy atom. The van der Waals surface area contributed by atoms with E-state index in [1.807, 2.05) is 18.2 Å². The lowest BCUT2D eigenvalue weighted by Crippen LogP contribution is -2.37. The molecule has 0 bridgehead atoms. The summed E-state index contributed by atoms with van der Waals surface area (Å²) < 4.78 is 2.19. The Morgan fingerprint density at radius 2 is 2.21 bits per heavy atom. The third-order valence-electron chi connectivity index (χ3n) is 4.58. The van der Waals surface area contributed by atoms with Crippen molar-refractivity contribution in [3.05, 3.63) is 29.0 Å². The number of nitrogens with zero attached hydrogens (tertiary/aromatic N) is 2. The Balaban J connectivity index is 2.25. The van der Waals surface area contributed by atoms with E-state index < -0.39 is 0 Å². The molecule has 2 aromatic rings. The molecule has 19 heavy (non-hydrogen) atoms. The molecule has 1 saturated heterocycles. The summed E-state index contributed by atoms with van der Waals surface area (Å²) in [6, 6.07) is 5.95. The van der Waals surface area contributed by atoms with Crippen molar-refractivity contribution < 1.29 is 0 Å². The van der Waals surface area contributed by atoms with Crippen LogP contribution in [0.5, 0.6) is 0 Å². The average Bonchev–Trinajstić information content (AvgIpc) is 2.96. The van der Waals surface area contributed by atoms with Gasteiger partial charge in [-0.15, -0.1) is 0 Å². The molecule has 1 atom stereocenters. The first-order valence-electron chi connectivity index (χ1n) is 6.88. The zero-order valence-electron chi connectivity index (χ0n) is 11.7. The molecule has 3 rings (SSSR count). The molecule has 2 heterocycles. The van der Waals surface area contributed by atoms with Crippen LogP contribution in [-0.4, -0.2) is 22.6 Å². The van der Waals surface area contributed by atoms with Crippen LogP contribution in [-0.2, 0) is 12.5 Å². The molecular formula is C15H20ClN3. The van der Waals surface area contributed by atoms with E-state index in [0.717, 1.165) is 41.4 Å². The van der Waals surface area contributed by atoms with E-state index in [1.165, 1.54) is 0 Å². The fourth-order valence-corrected chi connectivity index (χ4v) is 3.62. The SMILES string of the molecule is CC(C)C1(c2nc3cccc(Cl)c3n2C)CCNC1. The van der Waals surface area contributed by atoms with Gasteiger partial charge in [0.05, 0.1) is 16.1 Å². The van der Waals surface area contributed by atoms with Crippen LogP contribution in [0.3, 0.4) is 0 Å². The van der Waals surface area contributed by atoms with Crippen molar-refractivity contribution in [2.45, 2.75) is 25.7 Å². The molecule has 1 N–H and O–H groups in total. The standard InChI is InChI=1S/C15H20ClN3/c1-10(2)15(7-8-17-9-15)14-18-12-6-4-5-11(16)13(12)19(14)3/h4-6,10,17H,7-9H2,1-3H3. The number of para-hydroxylation sites is 1. The van der Waals surface area contributed by atoms with Crippen molar-refractivity contribution in [1.29, 1.82) is 0 Å². The Labute approximate surface area is 119 Å². The van der Waals surface area contributed by atoms with Gasteiger partial charge >= 0.3 is 0 Å². The van der Waals surface area contributed by atoms with Crippen LogP contribution in [0.15, 0.2) is 18.2 Å². The zero-order valence-corrected chi connectivity index (χ0v) is 12.5. The Kier molecular flexibility index (Phi) is 3.06. The predicted molar refractivity (Wildman–Crippen MR) is 79.7 cm³/mol. The van der Waals surface area contributed by atoms with Gasteiger partial charge in [0.2, 0.25) is 0 Å². The summed E-state index contributed by atoms with van der Waals surface area (Å²) in [5, 5.41) is 4.27. The molecule has 1 aromatic heterocycles. The number of rotatable bonds is 2. The van der Waals surface area contributed by atoms with Gasteiger partial charge < -0.3 is 9.88 Å². The van der Waals surface area contributed by atoms with Crippen LogP contribution >= 0.6 is 11.6 Å². The van der Waals surface area contributed by atoms with Crippen molar-refractivity contribution in [1.82, 2.24) is 14.9 Å². The minimum Gasteiger partial charge on any atom is -0.329 e. The number of aromatic nitrogens is 2. The third-order valence-corrected chi connectivity index (χ3v) is 4.89. The van der Waals surface area contributed by atoms with Gasteiger partial charge in [0.15, 0.2) is 0 Å². The van der Waals surface area contributed by atoms with E-state index >= 15 is 0 Å². The normalized spacial score (nSPS) is 23.6. The van der Waals surface area contributed by atoms with Crippen molar-refractivity contribution >= 4 is 22.6 Å². The monoisotopic (exact) mass is 277 g/mol. The van der Waals surface area contributed by atoms with Gasteiger partial charge in [0, 0.05) is 19.0 Å². The Bertz CT molecular complexity index is 609. The second-order valence-corrected chi connectivity index (χ2v) is 6.25. The van der Waals surface area contributed by atoms with Crippen LogP contribution < -0.4 is 5.32 Å². The molecule has 1 unspecified atom stereocenters. The highest BCUT2D eigenvalue weighted by Gasteiger charge is 2.42. The minimum absolute atomic E-state index is 0.122. The topological polar surface area (TPSA) is 29.9 Å². The van der Waals surface area contributed by atoms with Gasteiger partial charge in [0.1, 0.15) is 5.82 Å². The van der Waals surface area contributed by atoms with Crippen LogP contribution in [0.25, 0.3) is 11.0 Å². The Morgan fingerprint density at radius 1 is 1.42 bits per heavy atom. The fraction of sp³-hybridized carbons (Fsp3) is 0.533. The second-order valence-electron chi connectivity index (χ2n) is 5.84. The van der Waals surface area contributed by atoms with Crippen LogP contribution in [0, 0.1) is 5.92 Å². The van der Waals surface area contributed by atoms with E-state index in [1.54, 1.807) is 0 Å². The van der Waals surface area contributed by atoms with E-state index in [0.29, 0.717) is 5.92 Å². The maximum Gasteiger partial charge on any atom is 0.117 e. The molecule has 1 aliphatic heterocycles. The fourth-order valence-electron chi connectivity index (χ4n) is 3.32. The summed E-state index contributed by atoms with van der Waals surface area (Å²) in [5.74, 6) is 1.72. The number of fused-ring (bicyclic) bond motifs is 1. The van der Waals surface area contributed by atoms with Crippen LogP contribution in [0.2, 0.25) is 5.02 Å². The van der Waals surface area contributed by atoms with Gasteiger partial charge in [-0.05, 0) is 31.0 Å². The molecular weight excluding hydrogens is 258 g/mol. The average molecular weight is 278 g/mol. The van der Waals surface area contributed by atoms with Gasteiger partial charge in [0.25, 0.3) is 0 Å². The molecule has 0 saturated carbocycles. The van der Waals surface area contributed by atoms with E-state index in [2.05, 4.69) is 30.8 Å². The molecule has 0 spiro atoms. The quantitative estimate of drug-likeness (QED) is 0.914. The largest absolute Gasteiger partial charge is 0.329 e. The number of aryl methyl sites for hydroxylation is 1. The number of benzene rings is 1. The smallest absolute Gasteiger partial charge is 0.117 e. The summed E-state index contributed by atoms with van der Waals surface area (Å²) in [7, 11) is 2.08. The van der Waals surface area contributed by atoms with Gasteiger partial charge in [-0.1, -0.05) is 31.5 Å². The maximum atomic E-state index is 6.33. The van der Waals surface area contributed by atoms with Crippen molar-refractivity contribution in [2.24, 2.45) is 13.0 Å². The van der Waals surface area contributed by atoms with Crippen LogP contribution in [0.1, 0.15) is 26.1 Å². The lowest BCUT2D eigenvalue weighted by atomic mass is 9.75. The first-order chi connectivity index (χ1) is 9.06. The molecule has 0 amide bonds. The van der Waals surface area contributed by atoms with Gasteiger partial charge in [-0.25, -0.2) is 4.98 Å². The highest BCUT2D eigenvalue weighted by Crippen LogP contribution is 2.39. The van der Waals surface area contributed by atoms with E-state index in [-0.39, 0.29) is 5.41 Å². The first kappa shape index (κ1) is 12.9. The lowest BCUT2D eigenvalue weighted by molar-refractivity contribution is 0.311. The number of halogens is 1. The molecule has 4 heteroatoms. The maximum absolute atomic E-state index is 6.33. The van der Waals surface area contributed by atoms with Gasteiger partial charge in [-0.2, -0.15) is 0 Å². The van der Waals surface area contributed by atoms with Crippen molar-refractivity contribution in [3.63, 3.8) is 0 Å². The van der Waals surface area contributed by atoms with Crippen LogP contribution in [0.4, 0.5) is 0 Å². The minimum atomic E-state index is 0.122. The Hall–Kier alpha value is -1.06. The molecule has 1 aromatic carbocycles. The van der Waals surface area contributed by atoms with Crippen molar-refractivity contribution in [3.8, 4) is 0 Å². The highest BCUT2D eigenvalue weighted by atomic mass is 35.5. The predicted octanol–water partition coefficient (Wildman–Crippen LogP) is 3.11. The molecule has 1 fully saturated rings. The lowest BCUT2D eigenvalue weighted by Gasteiger charge is -2.32. The summed E-state index contributed by atoms with van der Waals surface area (Å²) in [6.45, 7) is 6.64. The van der Waals surface area contributed by atoms with Gasteiger partial charge in [-0.3, -0.25) is 0 Å². The summed E-state index contributed by atoms with van der Waals surface area (Å²) in [6.07, 6.45) is 1.14. The third kappa shape index (κ3) is 1.79. The summed E-state index contributed by atoms with van der Waals surface area (Å²) in [4.78, 5) is 4.89. The second kappa shape index (κ2) is 4.50. The van der Waals surface area contributed by atoms with E-state index in [4.69, 9.17) is 16.6 Å². The summed E-state index contributed by atoms with van der Waals surface area (Å²) >= 11 is 6.33. The summed E-state index contributed by atoms with van der Waals surface area (Å²) in [5.41, 5.74) is 2.17. The zero-order chi connectivity index (χ0) is 13.6. The first-order valence-corrected chi connectivity index (χ1v) is 7.26. The number of imidazole rings is 1. The van der Waals surface area contributed by atoms with Crippen molar-refractivity contribution in [2.75, 3.05) is 13.1 Å². The molecule has 0 radical (unpaired) electrons. The molecule has 3 nitrogen and oxygen atoms in total. The number of hydrogen-bond donors (Lipinski definition) is 1. The highest BCUT2D eigenvalue weighted by molar-refractivity contribution is 6.35. The van der Waals surface area contributed by atoms with E-state index in [9.17, 15) is 0 Å². The number of hydrogen-bond acceptors (Lipinski definition) is 2. The molecule has 1 aliphatic rings.